The van der Waals surface area contributed by atoms with E-state index in [9.17, 15) is 0 Å². The number of aliphatic hydroxyl groups excluding tert-OH is 1. The van der Waals surface area contributed by atoms with Gasteiger partial charge in [0.2, 0.25) is 0 Å². The molecule has 2 rings (SSSR count). The van der Waals surface area contributed by atoms with Crippen molar-refractivity contribution in [2.75, 3.05) is 13.2 Å². The van der Waals surface area contributed by atoms with Gasteiger partial charge in [-0.05, 0) is 6.42 Å². The second kappa shape index (κ2) is 3.51. The number of nitrogens with zero attached hydrogens (tertiary/aromatic N) is 1. The zero-order valence-electron chi connectivity index (χ0n) is 6.69. The normalized spacial score (nSPS) is 23.2. The van der Waals surface area contributed by atoms with Crippen LogP contribution in [0.15, 0.2) is 5.38 Å². The quantitative estimate of drug-likeness (QED) is 0.751. The molecule has 1 aliphatic heterocycles. The van der Waals surface area contributed by atoms with Crippen molar-refractivity contribution >= 4 is 11.3 Å². The second-order valence-corrected chi connectivity index (χ2v) is 3.83. The van der Waals surface area contributed by atoms with Crippen molar-refractivity contribution in [1.29, 1.82) is 0 Å². The molecular formula is C8H11NO2S. The van der Waals surface area contributed by atoms with Gasteiger partial charge in [-0.15, -0.1) is 11.3 Å². The van der Waals surface area contributed by atoms with E-state index in [0.717, 1.165) is 30.3 Å². The highest BCUT2D eigenvalue weighted by Gasteiger charge is 2.19. The van der Waals surface area contributed by atoms with Crippen molar-refractivity contribution < 1.29 is 9.84 Å². The highest BCUT2D eigenvalue weighted by Crippen LogP contribution is 2.26. The summed E-state index contributed by atoms with van der Waals surface area (Å²) in [6.07, 6.45) is 1.06. The maximum absolute atomic E-state index is 8.81. The first-order valence-electron chi connectivity index (χ1n) is 4.03. The molecule has 1 fully saturated rings. The molecule has 3 nitrogen and oxygen atoms in total. The Bertz CT molecular complexity index is 255. The minimum Gasteiger partial charge on any atom is -0.389 e. The molecule has 2 heterocycles. The maximum Gasteiger partial charge on any atom is 0.118 e. The van der Waals surface area contributed by atoms with E-state index in [0.29, 0.717) is 5.92 Å². The third-order valence-electron chi connectivity index (χ3n) is 2.05. The average molecular weight is 185 g/mol. The third-order valence-corrected chi connectivity index (χ3v) is 2.90. The molecule has 0 aromatic carbocycles. The molecule has 0 amide bonds. The Kier molecular flexibility index (Phi) is 2.39. The Morgan fingerprint density at radius 2 is 2.67 bits per heavy atom. The molecular weight excluding hydrogens is 174 g/mol. The van der Waals surface area contributed by atoms with Gasteiger partial charge in [0.05, 0.1) is 18.9 Å². The summed E-state index contributed by atoms with van der Waals surface area (Å²) in [4.78, 5) is 4.30. The fourth-order valence-electron chi connectivity index (χ4n) is 1.35. The zero-order valence-corrected chi connectivity index (χ0v) is 7.51. The molecule has 1 unspecified atom stereocenters. The fourth-order valence-corrected chi connectivity index (χ4v) is 2.09. The standard InChI is InChI=1S/C8H11NO2S/c10-3-8-9-7(5-12-8)6-1-2-11-4-6/h5-6,10H,1-4H2. The fraction of sp³-hybridized carbons (Fsp3) is 0.625. The number of aliphatic hydroxyl groups is 1. The van der Waals surface area contributed by atoms with Crippen LogP contribution in [0.3, 0.4) is 0 Å². The minimum absolute atomic E-state index is 0.0538. The summed E-state index contributed by atoms with van der Waals surface area (Å²) < 4.78 is 5.26. The number of rotatable bonds is 2. The van der Waals surface area contributed by atoms with E-state index in [1.807, 2.05) is 5.38 Å². The molecule has 4 heteroatoms. The van der Waals surface area contributed by atoms with Crippen LogP contribution < -0.4 is 0 Å². The Morgan fingerprint density at radius 1 is 1.75 bits per heavy atom. The van der Waals surface area contributed by atoms with Gasteiger partial charge in [-0.1, -0.05) is 0 Å². The summed E-state index contributed by atoms with van der Waals surface area (Å²) in [7, 11) is 0. The average Bonchev–Trinajstić information content (AvgIpc) is 2.75. The Hall–Kier alpha value is -0.450. The number of thiazole rings is 1. The van der Waals surface area contributed by atoms with Gasteiger partial charge < -0.3 is 9.84 Å². The lowest BCUT2D eigenvalue weighted by molar-refractivity contribution is 0.193. The highest BCUT2D eigenvalue weighted by atomic mass is 32.1. The van der Waals surface area contributed by atoms with Gasteiger partial charge in [-0.3, -0.25) is 0 Å². The van der Waals surface area contributed by atoms with E-state index in [1.54, 1.807) is 0 Å². The molecule has 12 heavy (non-hydrogen) atoms. The molecule has 1 N–H and O–H groups in total. The number of ether oxygens (including phenoxy) is 1. The molecule has 0 spiro atoms. The Balaban J connectivity index is 2.11. The first kappa shape index (κ1) is 8.16. The first-order chi connectivity index (χ1) is 5.90. The SMILES string of the molecule is OCc1nc(C2CCOC2)cs1. The van der Waals surface area contributed by atoms with E-state index in [4.69, 9.17) is 9.84 Å². The smallest absolute Gasteiger partial charge is 0.118 e. The molecule has 0 aliphatic carbocycles. The predicted octanol–water partition coefficient (Wildman–Crippen LogP) is 1.14. The molecule has 66 valence electrons. The van der Waals surface area contributed by atoms with Crippen LogP contribution in [0.5, 0.6) is 0 Å². The van der Waals surface area contributed by atoms with Gasteiger partial charge in [0.15, 0.2) is 0 Å². The van der Waals surface area contributed by atoms with E-state index < -0.39 is 0 Å². The minimum atomic E-state index is 0.0538. The van der Waals surface area contributed by atoms with Crippen molar-refractivity contribution in [1.82, 2.24) is 4.98 Å². The zero-order chi connectivity index (χ0) is 8.39. The summed E-state index contributed by atoms with van der Waals surface area (Å²) >= 11 is 1.52. The van der Waals surface area contributed by atoms with Gasteiger partial charge in [0, 0.05) is 17.9 Å². The summed E-state index contributed by atoms with van der Waals surface area (Å²) in [6.45, 7) is 1.68. The molecule has 1 aliphatic rings. The van der Waals surface area contributed by atoms with Crippen LogP contribution in [0.2, 0.25) is 0 Å². The van der Waals surface area contributed by atoms with Crippen LogP contribution in [-0.4, -0.2) is 23.3 Å². The lowest BCUT2D eigenvalue weighted by Crippen LogP contribution is -1.97. The van der Waals surface area contributed by atoms with E-state index in [2.05, 4.69) is 4.98 Å². The summed E-state index contributed by atoms with van der Waals surface area (Å²) in [5, 5.41) is 11.6. The molecule has 0 bridgehead atoms. The maximum atomic E-state index is 8.81. The van der Waals surface area contributed by atoms with Crippen LogP contribution in [0, 0.1) is 0 Å². The number of aromatic nitrogens is 1. The lowest BCUT2D eigenvalue weighted by Gasteiger charge is -2.00. The Labute approximate surface area is 75.0 Å². The molecule has 1 saturated heterocycles. The van der Waals surface area contributed by atoms with Crippen molar-refractivity contribution in [2.24, 2.45) is 0 Å². The molecule has 1 aromatic heterocycles. The van der Waals surface area contributed by atoms with Gasteiger partial charge in [0.25, 0.3) is 0 Å². The van der Waals surface area contributed by atoms with Gasteiger partial charge in [-0.25, -0.2) is 4.98 Å². The van der Waals surface area contributed by atoms with E-state index in [-0.39, 0.29) is 6.61 Å². The molecule has 1 aromatic rings. The van der Waals surface area contributed by atoms with Crippen LogP contribution in [-0.2, 0) is 11.3 Å². The van der Waals surface area contributed by atoms with Gasteiger partial charge >= 0.3 is 0 Å². The first-order valence-corrected chi connectivity index (χ1v) is 4.91. The van der Waals surface area contributed by atoms with Crippen molar-refractivity contribution in [3.05, 3.63) is 16.1 Å². The summed E-state index contributed by atoms with van der Waals surface area (Å²) in [6, 6.07) is 0. The van der Waals surface area contributed by atoms with Crippen LogP contribution in [0.4, 0.5) is 0 Å². The van der Waals surface area contributed by atoms with Crippen LogP contribution in [0.25, 0.3) is 0 Å². The van der Waals surface area contributed by atoms with E-state index >= 15 is 0 Å². The molecule has 0 radical (unpaired) electrons. The molecule has 0 saturated carbocycles. The number of hydrogen-bond donors (Lipinski definition) is 1. The monoisotopic (exact) mass is 185 g/mol. The summed E-state index contributed by atoms with van der Waals surface area (Å²) in [5.41, 5.74) is 1.08. The van der Waals surface area contributed by atoms with Crippen molar-refractivity contribution in [2.45, 2.75) is 18.9 Å². The summed E-state index contributed by atoms with van der Waals surface area (Å²) in [5.74, 6) is 0.460. The third kappa shape index (κ3) is 1.50. The lowest BCUT2D eigenvalue weighted by atomic mass is 10.1. The van der Waals surface area contributed by atoms with Crippen molar-refractivity contribution in [3.63, 3.8) is 0 Å². The van der Waals surface area contributed by atoms with Crippen LogP contribution >= 0.6 is 11.3 Å². The number of hydrogen-bond acceptors (Lipinski definition) is 4. The highest BCUT2D eigenvalue weighted by molar-refractivity contribution is 7.09. The molecule has 1 atom stereocenters. The largest absolute Gasteiger partial charge is 0.389 e. The van der Waals surface area contributed by atoms with Crippen LogP contribution in [0.1, 0.15) is 23.0 Å². The van der Waals surface area contributed by atoms with Crippen molar-refractivity contribution in [3.8, 4) is 0 Å². The Morgan fingerprint density at radius 3 is 3.25 bits per heavy atom. The second-order valence-electron chi connectivity index (χ2n) is 2.88. The van der Waals surface area contributed by atoms with Gasteiger partial charge in [0.1, 0.15) is 5.01 Å². The predicted molar refractivity (Wildman–Crippen MR) is 46.2 cm³/mol. The topological polar surface area (TPSA) is 42.4 Å². The van der Waals surface area contributed by atoms with Gasteiger partial charge in [-0.2, -0.15) is 0 Å². The van der Waals surface area contributed by atoms with E-state index in [1.165, 1.54) is 11.3 Å².